The Bertz CT molecular complexity index is 229. The zero-order valence-electron chi connectivity index (χ0n) is 6.33. The van der Waals surface area contributed by atoms with Gasteiger partial charge in [0.1, 0.15) is 0 Å². The van der Waals surface area contributed by atoms with Crippen LogP contribution >= 0.6 is 27.5 Å². The Morgan fingerprint density at radius 1 is 1.42 bits per heavy atom. The van der Waals surface area contributed by atoms with Crippen LogP contribution in [0.25, 0.3) is 0 Å². The summed E-state index contributed by atoms with van der Waals surface area (Å²) in [6, 6.07) is 0. The predicted octanol–water partition coefficient (Wildman–Crippen LogP) is 2.25. The first-order chi connectivity index (χ1) is 5.83. The topological polar surface area (TPSA) is 35.0 Å². The van der Waals surface area contributed by atoms with Gasteiger partial charge in [0.2, 0.25) is 0 Å². The molecule has 1 aromatic rings. The Morgan fingerprint density at radius 2 is 2.08 bits per heavy atom. The van der Waals surface area contributed by atoms with Crippen LogP contribution in [-0.2, 0) is 0 Å². The monoisotopic (exact) mass is 250 g/mol. The zero-order chi connectivity index (χ0) is 8.81. The summed E-state index contributed by atoms with van der Waals surface area (Å²) in [5, 5.41) is 0. The van der Waals surface area contributed by atoms with Crippen molar-refractivity contribution < 1.29 is 4.74 Å². The minimum absolute atomic E-state index is 0.562. The molecule has 0 aliphatic carbocycles. The smallest absolute Gasteiger partial charge is 0.196 e. The standard InChI is InChI=1S/C7H8BrClN2O/c8-7-10-4-6(5-11-7)12-3-1-2-9/h4-5H,1-3H2. The summed E-state index contributed by atoms with van der Waals surface area (Å²) < 4.78 is 5.83. The molecule has 0 aliphatic rings. The Balaban J connectivity index is 2.37. The molecule has 0 saturated carbocycles. The summed E-state index contributed by atoms with van der Waals surface area (Å²) >= 11 is 8.60. The predicted molar refractivity (Wildman–Crippen MR) is 50.6 cm³/mol. The molecule has 1 heterocycles. The number of rotatable bonds is 4. The number of nitrogens with zero attached hydrogens (tertiary/aromatic N) is 2. The first kappa shape index (κ1) is 9.74. The molecular weight excluding hydrogens is 243 g/mol. The van der Waals surface area contributed by atoms with Gasteiger partial charge in [0.25, 0.3) is 0 Å². The van der Waals surface area contributed by atoms with Gasteiger partial charge in [-0.05, 0) is 22.4 Å². The van der Waals surface area contributed by atoms with Crippen molar-refractivity contribution in [1.82, 2.24) is 9.97 Å². The van der Waals surface area contributed by atoms with Crippen LogP contribution in [0.4, 0.5) is 0 Å². The highest BCUT2D eigenvalue weighted by Crippen LogP contribution is 2.09. The van der Waals surface area contributed by atoms with E-state index in [4.69, 9.17) is 16.3 Å². The Labute approximate surface area is 84.2 Å². The summed E-state index contributed by atoms with van der Waals surface area (Å²) in [4.78, 5) is 7.81. The van der Waals surface area contributed by atoms with Crippen molar-refractivity contribution in [2.24, 2.45) is 0 Å². The fourth-order valence-corrected chi connectivity index (χ4v) is 0.933. The zero-order valence-corrected chi connectivity index (χ0v) is 8.68. The van der Waals surface area contributed by atoms with Gasteiger partial charge in [-0.25, -0.2) is 9.97 Å². The SMILES string of the molecule is ClCCCOc1cnc(Br)nc1. The number of alkyl halides is 1. The van der Waals surface area contributed by atoms with Crippen LogP contribution in [0.3, 0.4) is 0 Å². The molecule has 5 heteroatoms. The molecule has 1 rings (SSSR count). The summed E-state index contributed by atoms with van der Waals surface area (Å²) in [6.07, 6.45) is 4.06. The third-order valence-electron chi connectivity index (χ3n) is 1.14. The Hall–Kier alpha value is -0.350. The third kappa shape index (κ3) is 3.36. The van der Waals surface area contributed by atoms with Crippen molar-refractivity contribution in [3.63, 3.8) is 0 Å². The van der Waals surface area contributed by atoms with E-state index in [0.29, 0.717) is 23.0 Å². The molecule has 0 atom stereocenters. The van der Waals surface area contributed by atoms with Crippen LogP contribution in [0.5, 0.6) is 5.75 Å². The van der Waals surface area contributed by atoms with E-state index < -0.39 is 0 Å². The maximum absolute atomic E-state index is 5.47. The molecule has 0 fully saturated rings. The molecule has 66 valence electrons. The largest absolute Gasteiger partial charge is 0.490 e. The number of hydrogen-bond acceptors (Lipinski definition) is 3. The minimum atomic E-state index is 0.562. The maximum atomic E-state index is 5.47. The van der Waals surface area contributed by atoms with Gasteiger partial charge in [-0.3, -0.25) is 0 Å². The van der Waals surface area contributed by atoms with Crippen LogP contribution < -0.4 is 4.74 Å². The third-order valence-corrected chi connectivity index (χ3v) is 1.82. The summed E-state index contributed by atoms with van der Waals surface area (Å²) in [7, 11) is 0. The van der Waals surface area contributed by atoms with E-state index in [1.54, 1.807) is 12.4 Å². The van der Waals surface area contributed by atoms with Crippen molar-refractivity contribution in [1.29, 1.82) is 0 Å². The van der Waals surface area contributed by atoms with Crippen molar-refractivity contribution in [3.05, 3.63) is 17.1 Å². The van der Waals surface area contributed by atoms with E-state index in [1.165, 1.54) is 0 Å². The van der Waals surface area contributed by atoms with Gasteiger partial charge in [0, 0.05) is 5.88 Å². The quantitative estimate of drug-likeness (QED) is 0.468. The first-order valence-corrected chi connectivity index (χ1v) is 4.82. The molecule has 0 aromatic carbocycles. The molecule has 0 bridgehead atoms. The molecule has 0 radical (unpaired) electrons. The van der Waals surface area contributed by atoms with Crippen LogP contribution in [0.15, 0.2) is 17.1 Å². The molecule has 0 amide bonds. The molecule has 0 saturated heterocycles. The molecule has 12 heavy (non-hydrogen) atoms. The maximum Gasteiger partial charge on any atom is 0.196 e. The van der Waals surface area contributed by atoms with Crippen molar-refractivity contribution >= 4 is 27.5 Å². The number of hydrogen-bond donors (Lipinski definition) is 0. The Morgan fingerprint density at radius 3 is 2.67 bits per heavy atom. The van der Waals surface area contributed by atoms with E-state index in [1.807, 2.05) is 0 Å². The van der Waals surface area contributed by atoms with Crippen LogP contribution in [0, 0.1) is 0 Å². The molecule has 0 N–H and O–H groups in total. The van der Waals surface area contributed by atoms with Crippen LogP contribution in [0.2, 0.25) is 0 Å². The highest BCUT2D eigenvalue weighted by molar-refractivity contribution is 9.10. The van der Waals surface area contributed by atoms with Gasteiger partial charge >= 0.3 is 0 Å². The van der Waals surface area contributed by atoms with Crippen LogP contribution in [0.1, 0.15) is 6.42 Å². The lowest BCUT2D eigenvalue weighted by atomic mass is 10.5. The second kappa shape index (κ2) is 5.32. The molecule has 0 unspecified atom stereocenters. The van der Waals surface area contributed by atoms with Gasteiger partial charge in [-0.15, -0.1) is 11.6 Å². The van der Waals surface area contributed by atoms with Gasteiger partial charge in [0.05, 0.1) is 19.0 Å². The lowest BCUT2D eigenvalue weighted by Gasteiger charge is -2.02. The summed E-state index contributed by atoms with van der Waals surface area (Å²) in [5.74, 6) is 1.28. The van der Waals surface area contributed by atoms with Gasteiger partial charge < -0.3 is 4.74 Å². The summed E-state index contributed by atoms with van der Waals surface area (Å²) in [6.45, 7) is 0.606. The van der Waals surface area contributed by atoms with Crippen molar-refractivity contribution in [3.8, 4) is 5.75 Å². The molecular formula is C7H8BrClN2O. The average Bonchev–Trinajstić information content (AvgIpc) is 2.09. The summed E-state index contributed by atoms with van der Waals surface area (Å²) in [5.41, 5.74) is 0. The molecule has 0 aliphatic heterocycles. The number of ether oxygens (including phenoxy) is 1. The van der Waals surface area contributed by atoms with E-state index in [0.717, 1.165) is 6.42 Å². The average molecular weight is 252 g/mol. The highest BCUT2D eigenvalue weighted by atomic mass is 79.9. The van der Waals surface area contributed by atoms with Crippen molar-refractivity contribution in [2.45, 2.75) is 6.42 Å². The van der Waals surface area contributed by atoms with Crippen LogP contribution in [-0.4, -0.2) is 22.5 Å². The number of aromatic nitrogens is 2. The second-order valence-corrected chi connectivity index (χ2v) is 3.17. The lowest BCUT2D eigenvalue weighted by molar-refractivity contribution is 0.315. The van der Waals surface area contributed by atoms with E-state index in [9.17, 15) is 0 Å². The van der Waals surface area contributed by atoms with Gasteiger partial charge in [0.15, 0.2) is 10.5 Å². The fraction of sp³-hybridized carbons (Fsp3) is 0.429. The fourth-order valence-electron chi connectivity index (χ4n) is 0.620. The number of halogens is 2. The van der Waals surface area contributed by atoms with E-state index in [-0.39, 0.29) is 0 Å². The van der Waals surface area contributed by atoms with Crippen molar-refractivity contribution in [2.75, 3.05) is 12.5 Å². The highest BCUT2D eigenvalue weighted by Gasteiger charge is 1.94. The lowest BCUT2D eigenvalue weighted by Crippen LogP contribution is -1.98. The normalized spacial score (nSPS) is 9.83. The van der Waals surface area contributed by atoms with E-state index in [2.05, 4.69) is 25.9 Å². The molecule has 0 spiro atoms. The molecule has 3 nitrogen and oxygen atoms in total. The van der Waals surface area contributed by atoms with E-state index >= 15 is 0 Å². The second-order valence-electron chi connectivity index (χ2n) is 2.08. The molecule has 1 aromatic heterocycles. The van der Waals surface area contributed by atoms with Gasteiger partial charge in [-0.2, -0.15) is 0 Å². The van der Waals surface area contributed by atoms with Gasteiger partial charge in [-0.1, -0.05) is 0 Å². The Kier molecular flexibility index (Phi) is 4.32. The first-order valence-electron chi connectivity index (χ1n) is 3.49. The minimum Gasteiger partial charge on any atom is -0.490 e.